The fourth-order valence-electron chi connectivity index (χ4n) is 3.65. The summed E-state index contributed by atoms with van der Waals surface area (Å²) >= 11 is 0. The summed E-state index contributed by atoms with van der Waals surface area (Å²) in [5.41, 5.74) is 6.10. The van der Waals surface area contributed by atoms with Gasteiger partial charge < -0.3 is 15.5 Å². The SMILES string of the molecule is C=C(/C(=C\NC)NC)C(C)N(C)c1cc(CN2CCCCC2)ccc1C. The molecule has 0 aliphatic carbocycles. The molecule has 1 aromatic carbocycles. The summed E-state index contributed by atoms with van der Waals surface area (Å²) < 4.78 is 0. The van der Waals surface area contributed by atoms with Gasteiger partial charge in [-0.15, -0.1) is 0 Å². The summed E-state index contributed by atoms with van der Waals surface area (Å²) in [6.45, 7) is 12.2. The van der Waals surface area contributed by atoms with E-state index in [2.05, 4.69) is 66.1 Å². The molecule has 1 saturated heterocycles. The van der Waals surface area contributed by atoms with Gasteiger partial charge in [-0.05, 0) is 62.5 Å². The number of likely N-dealkylation sites (tertiary alicyclic amines) is 1. The Hall–Kier alpha value is -1.94. The van der Waals surface area contributed by atoms with E-state index in [1.807, 2.05) is 20.3 Å². The summed E-state index contributed by atoms with van der Waals surface area (Å²) in [4.78, 5) is 4.91. The molecule has 1 heterocycles. The molecule has 0 spiro atoms. The van der Waals surface area contributed by atoms with Crippen molar-refractivity contribution in [1.82, 2.24) is 15.5 Å². The van der Waals surface area contributed by atoms with Gasteiger partial charge in [0, 0.05) is 39.6 Å². The lowest BCUT2D eigenvalue weighted by Gasteiger charge is -2.32. The number of aryl methyl sites for hydroxylation is 1. The van der Waals surface area contributed by atoms with Gasteiger partial charge in [-0.3, -0.25) is 4.90 Å². The van der Waals surface area contributed by atoms with Crippen LogP contribution in [0.5, 0.6) is 0 Å². The third kappa shape index (κ3) is 5.04. The van der Waals surface area contributed by atoms with Crippen molar-refractivity contribution >= 4 is 5.69 Å². The number of nitrogens with zero attached hydrogens (tertiary/aromatic N) is 2. The van der Waals surface area contributed by atoms with Crippen molar-refractivity contribution in [1.29, 1.82) is 0 Å². The molecule has 0 radical (unpaired) electrons. The van der Waals surface area contributed by atoms with Crippen molar-refractivity contribution < 1.29 is 0 Å². The van der Waals surface area contributed by atoms with Gasteiger partial charge >= 0.3 is 0 Å². The highest BCUT2D eigenvalue weighted by Gasteiger charge is 2.18. The minimum atomic E-state index is 0.200. The molecular formula is C22H36N4. The molecule has 1 aliphatic rings. The van der Waals surface area contributed by atoms with Gasteiger partial charge in [0.25, 0.3) is 0 Å². The molecule has 1 fully saturated rings. The fourth-order valence-corrected chi connectivity index (χ4v) is 3.65. The summed E-state index contributed by atoms with van der Waals surface area (Å²) in [7, 11) is 6.01. The third-order valence-corrected chi connectivity index (χ3v) is 5.50. The number of rotatable bonds is 8. The molecular weight excluding hydrogens is 320 g/mol. The second-order valence-corrected chi connectivity index (χ2v) is 7.37. The van der Waals surface area contributed by atoms with Gasteiger partial charge in [-0.1, -0.05) is 25.1 Å². The molecule has 0 aromatic heterocycles. The van der Waals surface area contributed by atoms with Gasteiger partial charge in [-0.25, -0.2) is 0 Å². The molecule has 1 atom stereocenters. The van der Waals surface area contributed by atoms with Crippen LogP contribution in [0.25, 0.3) is 0 Å². The molecule has 1 aliphatic heterocycles. The Morgan fingerprint density at radius 3 is 2.58 bits per heavy atom. The maximum atomic E-state index is 4.32. The van der Waals surface area contributed by atoms with Crippen LogP contribution >= 0.6 is 0 Å². The van der Waals surface area contributed by atoms with Crippen molar-refractivity contribution in [2.45, 2.75) is 45.7 Å². The standard InChI is InChI=1S/C22H36N4/c1-17-10-11-20(16-26-12-8-7-9-13-26)14-22(17)25(6)19(3)18(2)21(24-5)15-23-4/h10-11,14-15,19,23-24H,2,7-9,12-13,16H2,1,3-6H3/b21-15+. The predicted octanol–water partition coefficient (Wildman–Crippen LogP) is 3.64. The van der Waals surface area contributed by atoms with Crippen LogP contribution in [-0.4, -0.2) is 45.2 Å². The van der Waals surface area contributed by atoms with E-state index >= 15 is 0 Å². The highest BCUT2D eigenvalue weighted by atomic mass is 15.1. The second-order valence-electron chi connectivity index (χ2n) is 7.37. The molecule has 2 rings (SSSR count). The summed E-state index contributed by atoms with van der Waals surface area (Å²) in [5.74, 6) is 0. The Morgan fingerprint density at radius 2 is 1.96 bits per heavy atom. The van der Waals surface area contributed by atoms with Crippen LogP contribution in [0.1, 0.15) is 37.3 Å². The minimum absolute atomic E-state index is 0.200. The zero-order chi connectivity index (χ0) is 19.1. The van der Waals surface area contributed by atoms with E-state index in [0.29, 0.717) is 0 Å². The van der Waals surface area contributed by atoms with Gasteiger partial charge in [0.15, 0.2) is 0 Å². The van der Waals surface area contributed by atoms with Gasteiger partial charge in [0.2, 0.25) is 0 Å². The first-order chi connectivity index (χ1) is 12.5. The van der Waals surface area contributed by atoms with Crippen molar-refractivity contribution in [3.05, 3.63) is 53.4 Å². The van der Waals surface area contributed by atoms with Gasteiger partial charge in [0.05, 0.1) is 11.7 Å². The van der Waals surface area contributed by atoms with Crippen LogP contribution in [0, 0.1) is 6.92 Å². The Bertz CT molecular complexity index is 629. The summed E-state index contributed by atoms with van der Waals surface area (Å²) in [6.07, 6.45) is 6.01. The molecule has 1 unspecified atom stereocenters. The lowest BCUT2D eigenvalue weighted by Crippen LogP contribution is -2.34. The number of nitrogens with one attached hydrogen (secondary N) is 2. The predicted molar refractivity (Wildman–Crippen MR) is 114 cm³/mol. The van der Waals surface area contributed by atoms with E-state index in [9.17, 15) is 0 Å². The first-order valence-corrected chi connectivity index (χ1v) is 9.77. The number of benzene rings is 1. The van der Waals surface area contributed by atoms with E-state index in [-0.39, 0.29) is 6.04 Å². The minimum Gasteiger partial charge on any atom is -0.392 e. The maximum Gasteiger partial charge on any atom is 0.0544 e. The van der Waals surface area contributed by atoms with Crippen LogP contribution in [0.3, 0.4) is 0 Å². The zero-order valence-corrected chi connectivity index (χ0v) is 17.2. The summed E-state index contributed by atoms with van der Waals surface area (Å²) in [5, 5.41) is 6.33. The zero-order valence-electron chi connectivity index (χ0n) is 17.2. The number of piperidine rings is 1. The Labute approximate surface area is 160 Å². The van der Waals surface area contributed by atoms with Crippen molar-refractivity contribution in [3.8, 4) is 0 Å². The van der Waals surface area contributed by atoms with Crippen molar-refractivity contribution in [2.75, 3.05) is 39.1 Å². The number of hydrogen-bond donors (Lipinski definition) is 2. The largest absolute Gasteiger partial charge is 0.392 e. The van der Waals surface area contributed by atoms with Gasteiger partial charge in [0.1, 0.15) is 0 Å². The number of likely N-dealkylation sites (N-methyl/N-ethyl adjacent to an activating group) is 2. The molecule has 4 nitrogen and oxygen atoms in total. The first kappa shape index (κ1) is 20.4. The molecule has 4 heteroatoms. The molecule has 0 bridgehead atoms. The molecule has 144 valence electrons. The number of hydrogen-bond acceptors (Lipinski definition) is 4. The van der Waals surface area contributed by atoms with Crippen LogP contribution < -0.4 is 15.5 Å². The van der Waals surface area contributed by atoms with Crippen molar-refractivity contribution in [3.63, 3.8) is 0 Å². The Kier molecular flexibility index (Phi) is 7.58. The van der Waals surface area contributed by atoms with E-state index in [0.717, 1.165) is 17.8 Å². The van der Waals surface area contributed by atoms with E-state index in [1.165, 1.54) is 49.2 Å². The topological polar surface area (TPSA) is 30.5 Å². The number of anilines is 1. The van der Waals surface area contributed by atoms with Crippen LogP contribution in [-0.2, 0) is 6.54 Å². The van der Waals surface area contributed by atoms with E-state index < -0.39 is 0 Å². The molecule has 0 saturated carbocycles. The average Bonchev–Trinajstić information content (AvgIpc) is 2.66. The first-order valence-electron chi connectivity index (χ1n) is 9.77. The van der Waals surface area contributed by atoms with Gasteiger partial charge in [-0.2, -0.15) is 0 Å². The van der Waals surface area contributed by atoms with E-state index in [4.69, 9.17) is 0 Å². The second kappa shape index (κ2) is 9.67. The van der Waals surface area contributed by atoms with Crippen molar-refractivity contribution in [2.24, 2.45) is 0 Å². The molecule has 2 N–H and O–H groups in total. The smallest absolute Gasteiger partial charge is 0.0544 e. The maximum absolute atomic E-state index is 4.32. The van der Waals surface area contributed by atoms with Crippen LogP contribution in [0.15, 0.2) is 42.2 Å². The Morgan fingerprint density at radius 1 is 1.27 bits per heavy atom. The van der Waals surface area contributed by atoms with E-state index in [1.54, 1.807) is 0 Å². The highest BCUT2D eigenvalue weighted by molar-refractivity contribution is 5.57. The molecule has 1 aromatic rings. The highest BCUT2D eigenvalue weighted by Crippen LogP contribution is 2.26. The normalized spacial score (nSPS) is 16.9. The lowest BCUT2D eigenvalue weighted by molar-refractivity contribution is 0.221. The quantitative estimate of drug-likeness (QED) is 0.696. The third-order valence-electron chi connectivity index (χ3n) is 5.50. The lowest BCUT2D eigenvalue weighted by atomic mass is 10.0. The van der Waals surface area contributed by atoms with Crippen LogP contribution in [0.2, 0.25) is 0 Å². The van der Waals surface area contributed by atoms with Crippen LogP contribution in [0.4, 0.5) is 5.69 Å². The fraction of sp³-hybridized carbons (Fsp3) is 0.545. The monoisotopic (exact) mass is 356 g/mol. The molecule has 0 amide bonds. The Balaban J connectivity index is 2.16. The average molecular weight is 357 g/mol. The molecule has 26 heavy (non-hydrogen) atoms. The summed E-state index contributed by atoms with van der Waals surface area (Å²) in [6, 6.07) is 7.09.